The van der Waals surface area contributed by atoms with Gasteiger partial charge >= 0.3 is 0 Å². The van der Waals surface area contributed by atoms with Gasteiger partial charge in [-0.25, -0.2) is 9.97 Å². The molecule has 4 aromatic rings. The molecule has 1 aliphatic rings. The minimum Gasteiger partial charge on any atom is -0.395 e. The summed E-state index contributed by atoms with van der Waals surface area (Å²) in [6, 6.07) is 10.0. The molecular weight excluding hydrogens is 346 g/mol. The zero-order valence-corrected chi connectivity index (χ0v) is 15.1. The molecule has 0 fully saturated rings. The van der Waals surface area contributed by atoms with Crippen molar-refractivity contribution in [2.24, 2.45) is 0 Å². The third-order valence-corrected chi connectivity index (χ3v) is 6.00. The van der Waals surface area contributed by atoms with Crippen LogP contribution in [0.2, 0.25) is 0 Å². The van der Waals surface area contributed by atoms with Gasteiger partial charge in [0.25, 0.3) is 0 Å². The van der Waals surface area contributed by atoms with E-state index >= 15 is 0 Å². The van der Waals surface area contributed by atoms with Crippen LogP contribution in [0.5, 0.6) is 0 Å². The third-order valence-electron chi connectivity index (χ3n) is 4.82. The number of thiophene rings is 1. The van der Waals surface area contributed by atoms with Crippen LogP contribution in [0, 0.1) is 0 Å². The molecule has 0 saturated carbocycles. The fraction of sp³-hybridized carbons (Fsp3) is 0.316. The number of aliphatic hydroxyl groups excluding tert-OH is 1. The number of nitrogens with one attached hydrogen (secondary N) is 1. The lowest BCUT2D eigenvalue weighted by atomic mass is 9.97. The molecule has 1 aromatic carbocycles. The molecule has 0 spiro atoms. The van der Waals surface area contributed by atoms with Gasteiger partial charge in [0.05, 0.1) is 12.0 Å². The van der Waals surface area contributed by atoms with Crippen LogP contribution < -0.4 is 5.32 Å². The van der Waals surface area contributed by atoms with Crippen molar-refractivity contribution >= 4 is 33.1 Å². The Labute approximate surface area is 154 Å². The van der Waals surface area contributed by atoms with E-state index in [2.05, 4.69) is 5.32 Å². The highest BCUT2D eigenvalue weighted by Crippen LogP contribution is 2.38. The van der Waals surface area contributed by atoms with Crippen LogP contribution in [0.3, 0.4) is 0 Å². The summed E-state index contributed by atoms with van der Waals surface area (Å²) in [7, 11) is 0. The van der Waals surface area contributed by atoms with Crippen molar-refractivity contribution in [2.45, 2.75) is 25.7 Å². The molecule has 0 aliphatic heterocycles. The number of anilines is 1. The topological polar surface area (TPSA) is 75.3 Å². The Bertz CT molecular complexity index is 1090. The Morgan fingerprint density at radius 2 is 1.96 bits per heavy atom. The van der Waals surface area contributed by atoms with E-state index in [-0.39, 0.29) is 6.61 Å². The van der Waals surface area contributed by atoms with Crippen LogP contribution in [0.1, 0.15) is 23.3 Å². The van der Waals surface area contributed by atoms with Crippen molar-refractivity contribution in [1.29, 1.82) is 0 Å². The molecule has 0 saturated heterocycles. The lowest BCUT2D eigenvalue weighted by molar-refractivity contribution is 0.310. The standard InChI is InChI=1S/C19H19N5OS/c25-11-10-20-19-22-18-15(13-8-4-5-9-14(13)26-18)17-21-16(23-24(17)19)12-6-2-1-3-7-12/h1-3,6-7,25H,4-5,8-11H2,(H,20,22). The van der Waals surface area contributed by atoms with Gasteiger partial charge in [-0.05, 0) is 31.2 Å². The normalized spacial score (nSPS) is 14.0. The summed E-state index contributed by atoms with van der Waals surface area (Å²) in [5.74, 6) is 1.33. The molecule has 0 radical (unpaired) electrons. The van der Waals surface area contributed by atoms with E-state index < -0.39 is 0 Å². The molecule has 0 bridgehead atoms. The summed E-state index contributed by atoms with van der Waals surface area (Å²) >= 11 is 1.77. The summed E-state index contributed by atoms with van der Waals surface area (Å²) in [5.41, 5.74) is 3.24. The molecule has 3 aromatic heterocycles. The highest BCUT2D eigenvalue weighted by molar-refractivity contribution is 7.19. The Kier molecular flexibility index (Phi) is 3.83. The van der Waals surface area contributed by atoms with Gasteiger partial charge in [0.15, 0.2) is 11.5 Å². The van der Waals surface area contributed by atoms with Gasteiger partial charge in [-0.2, -0.15) is 4.52 Å². The first-order chi connectivity index (χ1) is 12.8. The maximum Gasteiger partial charge on any atom is 0.227 e. The van der Waals surface area contributed by atoms with Gasteiger partial charge in [-0.1, -0.05) is 30.3 Å². The van der Waals surface area contributed by atoms with Crippen molar-refractivity contribution in [3.8, 4) is 11.4 Å². The maximum absolute atomic E-state index is 9.20. The summed E-state index contributed by atoms with van der Waals surface area (Å²) in [5, 5.41) is 18.2. The van der Waals surface area contributed by atoms with Crippen LogP contribution in [0.4, 0.5) is 5.95 Å². The predicted molar refractivity (Wildman–Crippen MR) is 104 cm³/mol. The van der Waals surface area contributed by atoms with Crippen molar-refractivity contribution < 1.29 is 5.11 Å². The Hall–Kier alpha value is -2.51. The largest absolute Gasteiger partial charge is 0.395 e. The molecule has 1 aliphatic carbocycles. The predicted octanol–water partition coefficient (Wildman–Crippen LogP) is 3.29. The Morgan fingerprint density at radius 3 is 2.81 bits per heavy atom. The molecule has 6 nitrogen and oxygen atoms in total. The summed E-state index contributed by atoms with van der Waals surface area (Å²) in [6.07, 6.45) is 4.67. The van der Waals surface area contributed by atoms with Crippen molar-refractivity contribution in [3.05, 3.63) is 40.8 Å². The highest BCUT2D eigenvalue weighted by Gasteiger charge is 2.23. The van der Waals surface area contributed by atoms with Crippen LogP contribution in [-0.2, 0) is 12.8 Å². The molecule has 5 rings (SSSR count). The van der Waals surface area contributed by atoms with E-state index in [0.717, 1.165) is 34.3 Å². The molecule has 7 heteroatoms. The molecule has 2 N–H and O–H groups in total. The van der Waals surface area contributed by atoms with Gasteiger partial charge in [-0.3, -0.25) is 0 Å². The Morgan fingerprint density at radius 1 is 1.12 bits per heavy atom. The van der Waals surface area contributed by atoms with E-state index in [1.807, 2.05) is 30.3 Å². The molecule has 3 heterocycles. The third kappa shape index (κ3) is 2.47. The van der Waals surface area contributed by atoms with E-state index in [0.29, 0.717) is 18.3 Å². The number of aryl methyl sites for hydroxylation is 2. The average Bonchev–Trinajstić information content (AvgIpc) is 3.28. The molecule has 26 heavy (non-hydrogen) atoms. The molecule has 132 valence electrons. The van der Waals surface area contributed by atoms with Crippen LogP contribution in [0.15, 0.2) is 30.3 Å². The second-order valence-electron chi connectivity index (χ2n) is 6.51. The van der Waals surface area contributed by atoms with Crippen molar-refractivity contribution in [2.75, 3.05) is 18.5 Å². The number of aliphatic hydroxyl groups is 1. The number of rotatable bonds is 4. The SMILES string of the molecule is OCCNc1nc2sc3c(c2c2nc(-c4ccccc4)nn12)CCCC3. The number of aromatic nitrogens is 4. The monoisotopic (exact) mass is 365 g/mol. The first-order valence-corrected chi connectivity index (χ1v) is 9.78. The average molecular weight is 365 g/mol. The van der Waals surface area contributed by atoms with E-state index in [4.69, 9.17) is 15.1 Å². The number of hydrogen-bond donors (Lipinski definition) is 2. The van der Waals surface area contributed by atoms with E-state index in [9.17, 15) is 5.11 Å². The molecule has 0 unspecified atom stereocenters. The van der Waals surface area contributed by atoms with Crippen LogP contribution in [-0.4, -0.2) is 37.8 Å². The lowest BCUT2D eigenvalue weighted by Gasteiger charge is -2.10. The summed E-state index contributed by atoms with van der Waals surface area (Å²) in [6.45, 7) is 0.474. The molecule has 0 atom stereocenters. The first kappa shape index (κ1) is 15.7. The summed E-state index contributed by atoms with van der Waals surface area (Å²) < 4.78 is 1.79. The minimum atomic E-state index is 0.0440. The fourth-order valence-corrected chi connectivity index (χ4v) is 4.87. The van der Waals surface area contributed by atoms with Gasteiger partial charge in [-0.15, -0.1) is 16.4 Å². The van der Waals surface area contributed by atoms with Crippen LogP contribution >= 0.6 is 11.3 Å². The lowest BCUT2D eigenvalue weighted by Crippen LogP contribution is -2.11. The second-order valence-corrected chi connectivity index (χ2v) is 7.60. The second kappa shape index (κ2) is 6.34. The van der Waals surface area contributed by atoms with E-state index in [1.165, 1.54) is 23.3 Å². The van der Waals surface area contributed by atoms with Gasteiger partial charge in [0.2, 0.25) is 5.95 Å². The smallest absolute Gasteiger partial charge is 0.227 e. The van der Waals surface area contributed by atoms with Crippen molar-refractivity contribution in [3.63, 3.8) is 0 Å². The number of hydrogen-bond acceptors (Lipinski definition) is 6. The van der Waals surface area contributed by atoms with Gasteiger partial charge < -0.3 is 10.4 Å². The Balaban J connectivity index is 1.79. The number of fused-ring (bicyclic) bond motifs is 5. The van der Waals surface area contributed by atoms with Gasteiger partial charge in [0.1, 0.15) is 4.83 Å². The zero-order valence-electron chi connectivity index (χ0n) is 14.3. The molecule has 0 amide bonds. The quantitative estimate of drug-likeness (QED) is 0.580. The van der Waals surface area contributed by atoms with Crippen LogP contribution in [0.25, 0.3) is 27.3 Å². The maximum atomic E-state index is 9.20. The summed E-state index contributed by atoms with van der Waals surface area (Å²) in [4.78, 5) is 12.1. The number of nitrogens with zero attached hydrogens (tertiary/aromatic N) is 4. The van der Waals surface area contributed by atoms with Crippen molar-refractivity contribution in [1.82, 2.24) is 19.6 Å². The minimum absolute atomic E-state index is 0.0440. The molecular formula is C19H19N5OS. The highest BCUT2D eigenvalue weighted by atomic mass is 32.1. The van der Waals surface area contributed by atoms with E-state index in [1.54, 1.807) is 15.9 Å². The fourth-order valence-electron chi connectivity index (χ4n) is 3.62. The first-order valence-electron chi connectivity index (χ1n) is 8.96. The van der Waals surface area contributed by atoms with Gasteiger partial charge in [0, 0.05) is 17.0 Å². The number of benzene rings is 1. The zero-order chi connectivity index (χ0) is 17.5.